The van der Waals surface area contributed by atoms with E-state index in [-0.39, 0.29) is 0 Å². The number of ether oxygens (including phenoxy) is 1. The first-order chi connectivity index (χ1) is 11.6. The predicted octanol–water partition coefficient (Wildman–Crippen LogP) is 5.43. The maximum Gasteiger partial charge on any atom is 0.119 e. The first kappa shape index (κ1) is 15.5. The lowest BCUT2D eigenvalue weighted by atomic mass is 9.94. The van der Waals surface area contributed by atoms with Crippen LogP contribution in [0.1, 0.15) is 38.4 Å². The minimum absolute atomic E-state index is 0.515. The number of aliphatic hydroxyl groups is 1. The number of hydrogen-bond donors (Lipinski definition) is 1. The zero-order chi connectivity index (χ0) is 16.7. The van der Waals surface area contributed by atoms with Crippen LogP contribution in [0.3, 0.4) is 0 Å². The van der Waals surface area contributed by atoms with Crippen LogP contribution in [0.2, 0.25) is 0 Å². The minimum atomic E-state index is -0.515. The molecule has 3 aromatic rings. The van der Waals surface area contributed by atoms with Crippen LogP contribution in [0, 0.1) is 11.8 Å². The molecule has 24 heavy (non-hydrogen) atoms. The highest BCUT2D eigenvalue weighted by Crippen LogP contribution is 2.34. The van der Waals surface area contributed by atoms with Gasteiger partial charge in [-0.1, -0.05) is 44.2 Å². The highest BCUT2D eigenvalue weighted by atomic mass is 16.5. The lowest BCUT2D eigenvalue weighted by molar-refractivity contribution is 0.193. The van der Waals surface area contributed by atoms with Crippen molar-refractivity contribution in [2.45, 2.75) is 32.8 Å². The van der Waals surface area contributed by atoms with E-state index in [0.717, 1.165) is 29.8 Å². The second kappa shape index (κ2) is 6.10. The topological polar surface area (TPSA) is 29.5 Å². The van der Waals surface area contributed by atoms with Crippen LogP contribution in [-0.2, 0) is 0 Å². The average Bonchev–Trinajstić information content (AvgIpc) is 3.43. The molecule has 2 nitrogen and oxygen atoms in total. The molecule has 0 spiro atoms. The number of hydrogen-bond acceptors (Lipinski definition) is 2. The summed E-state index contributed by atoms with van der Waals surface area (Å²) in [6, 6.07) is 16.8. The molecule has 123 valence electrons. The summed E-state index contributed by atoms with van der Waals surface area (Å²) in [4.78, 5) is 0. The summed E-state index contributed by atoms with van der Waals surface area (Å²) in [7, 11) is 0. The summed E-state index contributed by atoms with van der Waals surface area (Å²) < 4.78 is 5.95. The zero-order valence-corrected chi connectivity index (χ0v) is 14.3. The van der Waals surface area contributed by atoms with E-state index in [1.165, 1.54) is 34.4 Å². The third-order valence-electron chi connectivity index (χ3n) is 4.88. The van der Waals surface area contributed by atoms with Crippen LogP contribution >= 0.6 is 0 Å². The fourth-order valence-electron chi connectivity index (χ4n) is 3.14. The summed E-state index contributed by atoms with van der Waals surface area (Å²) in [5, 5.41) is 15.1. The number of benzene rings is 3. The summed E-state index contributed by atoms with van der Waals surface area (Å²) in [5.74, 6) is 2.69. The molecule has 3 aromatic carbocycles. The first-order valence-corrected chi connectivity index (χ1v) is 8.69. The Hall–Kier alpha value is -2.06. The van der Waals surface area contributed by atoms with E-state index in [1.54, 1.807) is 0 Å². The van der Waals surface area contributed by atoms with Gasteiger partial charge in [-0.25, -0.2) is 0 Å². The van der Waals surface area contributed by atoms with Gasteiger partial charge in [0.25, 0.3) is 0 Å². The number of fused-ring (bicyclic) bond motifs is 3. The summed E-state index contributed by atoms with van der Waals surface area (Å²) in [6.07, 6.45) is 2.08. The minimum Gasteiger partial charge on any atom is -0.493 e. The molecule has 2 heteroatoms. The van der Waals surface area contributed by atoms with Gasteiger partial charge in [0.1, 0.15) is 5.75 Å². The molecule has 0 amide bonds. The molecule has 0 aliphatic heterocycles. The van der Waals surface area contributed by atoms with Crippen LogP contribution in [0.5, 0.6) is 5.75 Å². The molecule has 1 fully saturated rings. The van der Waals surface area contributed by atoms with Gasteiger partial charge in [-0.2, -0.15) is 0 Å². The molecule has 1 saturated carbocycles. The van der Waals surface area contributed by atoms with Gasteiger partial charge in [0.15, 0.2) is 0 Å². The van der Waals surface area contributed by atoms with Crippen molar-refractivity contribution < 1.29 is 9.84 Å². The van der Waals surface area contributed by atoms with Gasteiger partial charge < -0.3 is 9.84 Å². The Morgan fingerprint density at radius 3 is 2.29 bits per heavy atom. The molecule has 1 N–H and O–H groups in total. The number of aliphatic hydroxyl groups excluding tert-OH is 1. The van der Waals surface area contributed by atoms with Crippen LogP contribution in [-0.4, -0.2) is 11.7 Å². The Balaban J connectivity index is 1.79. The van der Waals surface area contributed by atoms with E-state index in [9.17, 15) is 5.11 Å². The van der Waals surface area contributed by atoms with Gasteiger partial charge in [0, 0.05) is 5.92 Å². The Morgan fingerprint density at radius 1 is 1.00 bits per heavy atom. The molecular weight excluding hydrogens is 296 g/mol. The SMILES string of the molecule is C[C](C)C(O)c1ccc2ccc3ccc(OCC4CC4)cc3c2c1. The summed E-state index contributed by atoms with van der Waals surface area (Å²) in [5.41, 5.74) is 0.944. The maximum absolute atomic E-state index is 10.4. The second-order valence-corrected chi connectivity index (χ2v) is 7.16. The van der Waals surface area contributed by atoms with Crippen molar-refractivity contribution >= 4 is 21.5 Å². The van der Waals surface area contributed by atoms with Crippen LogP contribution in [0.15, 0.2) is 48.5 Å². The van der Waals surface area contributed by atoms with Crippen molar-refractivity contribution in [3.63, 3.8) is 0 Å². The van der Waals surface area contributed by atoms with Gasteiger partial charge in [-0.15, -0.1) is 0 Å². The Bertz CT molecular complexity index is 878. The fourth-order valence-corrected chi connectivity index (χ4v) is 3.14. The van der Waals surface area contributed by atoms with E-state index in [1.807, 2.05) is 19.9 Å². The molecule has 1 atom stereocenters. The van der Waals surface area contributed by atoms with E-state index < -0.39 is 6.10 Å². The standard InChI is InChI=1S/C22H23O2/c1-14(2)22(23)18-8-7-16-5-6-17-9-10-19(24-13-15-3-4-15)12-21(17)20(16)11-18/h5-12,15,22-23H,3-4,13H2,1-2H3. The summed E-state index contributed by atoms with van der Waals surface area (Å²) >= 11 is 0. The smallest absolute Gasteiger partial charge is 0.119 e. The normalized spacial score (nSPS) is 16.0. The molecular formula is C22H23O2. The van der Waals surface area contributed by atoms with Gasteiger partial charge >= 0.3 is 0 Å². The van der Waals surface area contributed by atoms with E-state index in [0.29, 0.717) is 0 Å². The third kappa shape index (κ3) is 2.99. The Morgan fingerprint density at radius 2 is 1.62 bits per heavy atom. The van der Waals surface area contributed by atoms with Gasteiger partial charge in [-0.05, 0) is 64.1 Å². The van der Waals surface area contributed by atoms with Crippen molar-refractivity contribution in [1.29, 1.82) is 0 Å². The van der Waals surface area contributed by atoms with Crippen LogP contribution in [0.25, 0.3) is 21.5 Å². The van der Waals surface area contributed by atoms with E-state index >= 15 is 0 Å². The van der Waals surface area contributed by atoms with Gasteiger partial charge in [-0.3, -0.25) is 0 Å². The molecule has 0 aromatic heterocycles. The zero-order valence-electron chi connectivity index (χ0n) is 14.3. The molecule has 0 bridgehead atoms. The third-order valence-corrected chi connectivity index (χ3v) is 4.88. The summed E-state index contributed by atoms with van der Waals surface area (Å²) in [6.45, 7) is 4.74. The number of rotatable bonds is 5. The molecule has 0 heterocycles. The van der Waals surface area contributed by atoms with Crippen molar-refractivity contribution in [1.82, 2.24) is 0 Å². The van der Waals surface area contributed by atoms with Crippen LogP contribution < -0.4 is 4.74 Å². The lowest BCUT2D eigenvalue weighted by Crippen LogP contribution is -2.03. The highest BCUT2D eigenvalue weighted by Gasteiger charge is 2.22. The largest absolute Gasteiger partial charge is 0.493 e. The average molecular weight is 319 g/mol. The molecule has 1 aliphatic rings. The quantitative estimate of drug-likeness (QED) is 0.635. The molecule has 1 aliphatic carbocycles. The van der Waals surface area contributed by atoms with Gasteiger partial charge in [0.2, 0.25) is 0 Å². The lowest BCUT2D eigenvalue weighted by Gasteiger charge is -2.16. The van der Waals surface area contributed by atoms with Gasteiger partial charge in [0.05, 0.1) is 12.7 Å². The highest BCUT2D eigenvalue weighted by molar-refractivity contribution is 6.08. The molecule has 1 unspecified atom stereocenters. The molecule has 1 radical (unpaired) electrons. The van der Waals surface area contributed by atoms with E-state index in [4.69, 9.17) is 4.74 Å². The van der Waals surface area contributed by atoms with Crippen LogP contribution in [0.4, 0.5) is 0 Å². The predicted molar refractivity (Wildman–Crippen MR) is 99.2 cm³/mol. The van der Waals surface area contributed by atoms with Crippen molar-refractivity contribution in [3.05, 3.63) is 60.0 Å². The monoisotopic (exact) mass is 319 g/mol. The Labute approximate surface area is 143 Å². The van der Waals surface area contributed by atoms with Crippen molar-refractivity contribution in [2.75, 3.05) is 6.61 Å². The molecule has 4 rings (SSSR count). The van der Waals surface area contributed by atoms with E-state index in [2.05, 4.69) is 42.5 Å². The van der Waals surface area contributed by atoms with Crippen molar-refractivity contribution in [3.8, 4) is 5.75 Å². The Kier molecular flexibility index (Phi) is 3.93. The fraction of sp³-hybridized carbons (Fsp3) is 0.318. The van der Waals surface area contributed by atoms with Crippen molar-refractivity contribution in [2.24, 2.45) is 5.92 Å². The first-order valence-electron chi connectivity index (χ1n) is 8.69. The maximum atomic E-state index is 10.4. The second-order valence-electron chi connectivity index (χ2n) is 7.16. The molecule has 0 saturated heterocycles.